The quantitative estimate of drug-likeness (QED) is 0.819. The first-order valence-electron chi connectivity index (χ1n) is 8.80. The lowest BCUT2D eigenvalue weighted by atomic mass is 10.1. The molecule has 1 unspecified atom stereocenters. The second-order valence-electron chi connectivity index (χ2n) is 6.83. The summed E-state index contributed by atoms with van der Waals surface area (Å²) < 4.78 is 38.4. The maximum absolute atomic E-state index is 12.8. The molecule has 1 aliphatic rings. The number of hydrogen-bond donors (Lipinski definition) is 1. The molecule has 1 saturated heterocycles. The summed E-state index contributed by atoms with van der Waals surface area (Å²) in [5.74, 6) is 0. The molecule has 1 atom stereocenters. The number of anilines is 2. The highest BCUT2D eigenvalue weighted by Gasteiger charge is 2.31. The predicted octanol–water partition coefficient (Wildman–Crippen LogP) is 4.76. The standard InChI is InChI=1S/C20H22F3N3O/c1-14-6-8-18(9-7-14)26-11-10-25(13-15(26)2)19(27)24-17-5-3-4-16(12-17)20(21,22)23/h3-9,12,15H,10-11,13H2,1-2H3,(H,24,27). The van der Waals surface area contributed by atoms with Crippen molar-refractivity contribution in [3.63, 3.8) is 0 Å². The number of urea groups is 1. The van der Waals surface area contributed by atoms with Crippen molar-refractivity contribution >= 4 is 17.4 Å². The molecule has 1 fully saturated rings. The third-order valence-electron chi connectivity index (χ3n) is 4.72. The molecule has 144 valence electrons. The van der Waals surface area contributed by atoms with Gasteiger partial charge in [-0.2, -0.15) is 13.2 Å². The molecule has 0 aliphatic carbocycles. The van der Waals surface area contributed by atoms with Gasteiger partial charge in [0.15, 0.2) is 0 Å². The number of alkyl halides is 3. The van der Waals surface area contributed by atoms with Crippen LogP contribution in [0.25, 0.3) is 0 Å². The van der Waals surface area contributed by atoms with Crippen LogP contribution in [-0.2, 0) is 6.18 Å². The van der Waals surface area contributed by atoms with Gasteiger partial charge in [0, 0.05) is 37.1 Å². The van der Waals surface area contributed by atoms with Gasteiger partial charge in [-0.1, -0.05) is 23.8 Å². The number of carbonyl (C=O) groups excluding carboxylic acids is 1. The van der Waals surface area contributed by atoms with Gasteiger partial charge in [-0.3, -0.25) is 0 Å². The van der Waals surface area contributed by atoms with Crippen molar-refractivity contribution in [1.29, 1.82) is 0 Å². The first-order chi connectivity index (χ1) is 12.7. The van der Waals surface area contributed by atoms with Crippen LogP contribution in [0.5, 0.6) is 0 Å². The van der Waals surface area contributed by atoms with Gasteiger partial charge >= 0.3 is 12.2 Å². The van der Waals surface area contributed by atoms with Crippen molar-refractivity contribution < 1.29 is 18.0 Å². The van der Waals surface area contributed by atoms with Crippen LogP contribution in [0.1, 0.15) is 18.1 Å². The fraction of sp³-hybridized carbons (Fsp3) is 0.350. The number of carbonyl (C=O) groups is 1. The lowest BCUT2D eigenvalue weighted by Crippen LogP contribution is -2.54. The molecule has 1 heterocycles. The number of aryl methyl sites for hydroxylation is 1. The summed E-state index contributed by atoms with van der Waals surface area (Å²) in [6, 6.07) is 12.6. The topological polar surface area (TPSA) is 35.6 Å². The zero-order valence-electron chi connectivity index (χ0n) is 15.3. The van der Waals surface area contributed by atoms with Gasteiger partial charge in [-0.25, -0.2) is 4.79 Å². The van der Waals surface area contributed by atoms with E-state index in [9.17, 15) is 18.0 Å². The molecule has 2 amide bonds. The van der Waals surface area contributed by atoms with Crippen molar-refractivity contribution in [3.05, 3.63) is 59.7 Å². The Morgan fingerprint density at radius 3 is 2.44 bits per heavy atom. The fourth-order valence-electron chi connectivity index (χ4n) is 3.24. The Morgan fingerprint density at radius 1 is 1.11 bits per heavy atom. The molecule has 0 spiro atoms. The third-order valence-corrected chi connectivity index (χ3v) is 4.72. The molecule has 7 heteroatoms. The number of nitrogens with zero attached hydrogens (tertiary/aromatic N) is 2. The minimum atomic E-state index is -4.44. The molecular weight excluding hydrogens is 355 g/mol. The Hall–Kier alpha value is -2.70. The van der Waals surface area contributed by atoms with Crippen molar-refractivity contribution in [2.45, 2.75) is 26.1 Å². The summed E-state index contributed by atoms with van der Waals surface area (Å²) in [7, 11) is 0. The number of piperazine rings is 1. The molecule has 0 radical (unpaired) electrons. The maximum Gasteiger partial charge on any atom is 0.416 e. The molecule has 0 saturated carbocycles. The van der Waals surface area contributed by atoms with E-state index in [0.29, 0.717) is 19.6 Å². The molecule has 4 nitrogen and oxygen atoms in total. The van der Waals surface area contributed by atoms with E-state index in [-0.39, 0.29) is 17.8 Å². The average Bonchev–Trinajstić information content (AvgIpc) is 2.62. The third kappa shape index (κ3) is 4.53. The second-order valence-corrected chi connectivity index (χ2v) is 6.83. The van der Waals surface area contributed by atoms with Crippen molar-refractivity contribution in [2.75, 3.05) is 29.9 Å². The molecule has 27 heavy (non-hydrogen) atoms. The van der Waals surface area contributed by atoms with Crippen molar-refractivity contribution in [2.24, 2.45) is 0 Å². The first kappa shape index (κ1) is 19.1. The number of nitrogens with one attached hydrogen (secondary N) is 1. The summed E-state index contributed by atoms with van der Waals surface area (Å²) in [5, 5.41) is 2.58. The monoisotopic (exact) mass is 377 g/mol. The van der Waals surface area contributed by atoms with Crippen LogP contribution >= 0.6 is 0 Å². The summed E-state index contributed by atoms with van der Waals surface area (Å²) in [6.07, 6.45) is -4.44. The zero-order chi connectivity index (χ0) is 19.6. The first-order valence-corrected chi connectivity index (χ1v) is 8.80. The molecule has 3 rings (SSSR count). The van der Waals surface area contributed by atoms with Crippen LogP contribution in [0, 0.1) is 6.92 Å². The normalized spacial score (nSPS) is 17.7. The van der Waals surface area contributed by atoms with Crippen LogP contribution in [-0.4, -0.2) is 36.6 Å². The van der Waals surface area contributed by atoms with Gasteiger partial charge in [0.2, 0.25) is 0 Å². The highest BCUT2D eigenvalue weighted by molar-refractivity contribution is 5.89. The Morgan fingerprint density at radius 2 is 1.81 bits per heavy atom. The van der Waals surface area contributed by atoms with Gasteiger partial charge < -0.3 is 15.1 Å². The average molecular weight is 377 g/mol. The summed E-state index contributed by atoms with van der Waals surface area (Å²) in [5.41, 5.74) is 1.65. The van der Waals surface area contributed by atoms with Gasteiger partial charge in [-0.15, -0.1) is 0 Å². The van der Waals surface area contributed by atoms with E-state index in [1.165, 1.54) is 17.7 Å². The van der Waals surface area contributed by atoms with Crippen molar-refractivity contribution in [1.82, 2.24) is 4.90 Å². The van der Waals surface area contributed by atoms with Crippen LogP contribution in [0.15, 0.2) is 48.5 Å². The van der Waals surface area contributed by atoms with E-state index in [4.69, 9.17) is 0 Å². The van der Waals surface area contributed by atoms with Crippen LogP contribution < -0.4 is 10.2 Å². The van der Waals surface area contributed by atoms with Crippen LogP contribution in [0.3, 0.4) is 0 Å². The summed E-state index contributed by atoms with van der Waals surface area (Å²) >= 11 is 0. The largest absolute Gasteiger partial charge is 0.416 e. The Balaban J connectivity index is 1.63. The van der Waals surface area contributed by atoms with E-state index < -0.39 is 11.7 Å². The highest BCUT2D eigenvalue weighted by Crippen LogP contribution is 2.30. The molecule has 2 aromatic rings. The van der Waals surface area contributed by atoms with Gasteiger partial charge in [0.25, 0.3) is 0 Å². The maximum atomic E-state index is 12.8. The second kappa shape index (κ2) is 7.50. The van der Waals surface area contributed by atoms with Crippen LogP contribution in [0.2, 0.25) is 0 Å². The van der Waals surface area contributed by atoms with Crippen molar-refractivity contribution in [3.8, 4) is 0 Å². The van der Waals surface area contributed by atoms with E-state index >= 15 is 0 Å². The van der Waals surface area contributed by atoms with E-state index in [1.54, 1.807) is 4.90 Å². The Kier molecular flexibility index (Phi) is 5.30. The van der Waals surface area contributed by atoms with E-state index in [1.807, 2.05) is 13.8 Å². The smallest absolute Gasteiger partial charge is 0.365 e. The minimum absolute atomic E-state index is 0.105. The molecule has 0 bridgehead atoms. The fourth-order valence-corrected chi connectivity index (χ4v) is 3.24. The predicted molar refractivity (Wildman–Crippen MR) is 100 cm³/mol. The summed E-state index contributed by atoms with van der Waals surface area (Å²) in [6.45, 7) is 5.73. The minimum Gasteiger partial charge on any atom is -0.365 e. The number of halogens is 3. The molecule has 0 aromatic heterocycles. The zero-order valence-corrected chi connectivity index (χ0v) is 15.3. The highest BCUT2D eigenvalue weighted by atomic mass is 19.4. The summed E-state index contributed by atoms with van der Waals surface area (Å²) in [4.78, 5) is 16.3. The lowest BCUT2D eigenvalue weighted by molar-refractivity contribution is -0.137. The lowest BCUT2D eigenvalue weighted by Gasteiger charge is -2.41. The van der Waals surface area contributed by atoms with E-state index in [0.717, 1.165) is 17.8 Å². The van der Waals surface area contributed by atoms with Gasteiger partial charge in [0.05, 0.1) is 5.56 Å². The van der Waals surface area contributed by atoms with Gasteiger partial charge in [0.1, 0.15) is 0 Å². The van der Waals surface area contributed by atoms with Gasteiger partial charge in [-0.05, 0) is 44.2 Å². The number of hydrogen-bond acceptors (Lipinski definition) is 2. The molecule has 1 N–H and O–H groups in total. The Bertz CT molecular complexity index is 805. The molecular formula is C20H22F3N3O. The SMILES string of the molecule is Cc1ccc(N2CCN(C(=O)Nc3cccc(C(F)(F)F)c3)CC2C)cc1. The van der Waals surface area contributed by atoms with Crippen LogP contribution in [0.4, 0.5) is 29.3 Å². The number of amides is 2. The number of rotatable bonds is 2. The molecule has 1 aliphatic heterocycles. The molecule has 2 aromatic carbocycles. The Labute approximate surface area is 156 Å². The number of benzene rings is 2. The van der Waals surface area contributed by atoms with E-state index in [2.05, 4.69) is 34.5 Å².